The molecule has 0 aliphatic rings. The molecule has 6 nitrogen and oxygen atoms in total. The van der Waals surface area contributed by atoms with Gasteiger partial charge < -0.3 is 15.5 Å². The minimum absolute atomic E-state index is 0.0829. The summed E-state index contributed by atoms with van der Waals surface area (Å²) in [4.78, 5) is 18.7. The maximum Gasteiger partial charge on any atom is 0.356 e. The molecular weight excluding hydrogens is 282 g/mol. The van der Waals surface area contributed by atoms with Crippen LogP contribution < -0.4 is 5.32 Å². The lowest BCUT2D eigenvalue weighted by atomic mass is 10.0. The Balaban J connectivity index is 2.03. The van der Waals surface area contributed by atoms with Gasteiger partial charge in [-0.2, -0.15) is 0 Å². The number of hydrogen-bond donors (Lipinski definition) is 3. The van der Waals surface area contributed by atoms with Gasteiger partial charge in [0.15, 0.2) is 5.69 Å². The first-order valence-electron chi connectivity index (χ1n) is 7.15. The van der Waals surface area contributed by atoms with Gasteiger partial charge in [0.25, 0.3) is 0 Å². The number of aliphatic hydroxyl groups is 1. The Morgan fingerprint density at radius 1 is 1.18 bits per heavy atom. The van der Waals surface area contributed by atoms with Crippen molar-refractivity contribution in [3.63, 3.8) is 0 Å². The summed E-state index contributed by atoms with van der Waals surface area (Å²) in [7, 11) is 0. The summed E-state index contributed by atoms with van der Waals surface area (Å²) in [6, 6.07) is 10.1. The number of benzene rings is 1. The summed E-state index contributed by atoms with van der Waals surface area (Å²) < 4.78 is 0. The molecule has 0 saturated carbocycles. The smallest absolute Gasteiger partial charge is 0.356 e. The first kappa shape index (κ1) is 15.9. The second-order valence-electron chi connectivity index (χ2n) is 4.99. The van der Waals surface area contributed by atoms with Crippen LogP contribution in [0.1, 0.15) is 28.9 Å². The average Bonchev–Trinajstić information content (AvgIpc) is 2.54. The Bertz CT molecular complexity index is 587. The minimum atomic E-state index is -1.10. The molecule has 6 heteroatoms. The van der Waals surface area contributed by atoms with Crippen LogP contribution in [0.2, 0.25) is 0 Å². The molecule has 2 aromatic rings. The molecule has 2 rings (SSSR count). The van der Waals surface area contributed by atoms with Gasteiger partial charge >= 0.3 is 5.97 Å². The number of nitrogens with one attached hydrogen (secondary N) is 1. The van der Waals surface area contributed by atoms with E-state index in [1.807, 2.05) is 30.3 Å². The molecule has 22 heavy (non-hydrogen) atoms. The molecule has 1 atom stereocenters. The first-order chi connectivity index (χ1) is 10.7. The molecule has 0 amide bonds. The molecule has 0 spiro atoms. The molecule has 1 unspecified atom stereocenters. The topological polar surface area (TPSA) is 95.3 Å². The van der Waals surface area contributed by atoms with E-state index >= 15 is 0 Å². The molecule has 0 radical (unpaired) electrons. The molecule has 0 bridgehead atoms. The third-order valence-corrected chi connectivity index (χ3v) is 3.26. The molecule has 1 aromatic carbocycles. The summed E-state index contributed by atoms with van der Waals surface area (Å²) in [6.07, 6.45) is 4.92. The number of carboxylic acid groups (broad SMARTS) is 1. The molecule has 0 aliphatic heterocycles. The molecular formula is C16H19N3O3. The van der Waals surface area contributed by atoms with E-state index in [0.717, 1.165) is 12.8 Å². The van der Waals surface area contributed by atoms with E-state index in [0.29, 0.717) is 12.2 Å². The summed E-state index contributed by atoms with van der Waals surface area (Å²) in [5, 5.41) is 21.1. The number of anilines is 1. The van der Waals surface area contributed by atoms with Crippen molar-refractivity contribution in [1.82, 2.24) is 9.97 Å². The van der Waals surface area contributed by atoms with Crippen LogP contribution in [0.25, 0.3) is 0 Å². The van der Waals surface area contributed by atoms with Gasteiger partial charge in [-0.1, -0.05) is 30.3 Å². The summed E-state index contributed by atoms with van der Waals surface area (Å²) in [5.41, 5.74) is 1.11. The van der Waals surface area contributed by atoms with Crippen LogP contribution in [-0.4, -0.2) is 38.8 Å². The number of aromatic nitrogens is 2. The highest BCUT2D eigenvalue weighted by Crippen LogP contribution is 2.12. The van der Waals surface area contributed by atoms with Crippen LogP contribution >= 0.6 is 0 Å². The molecule has 0 fully saturated rings. The van der Waals surface area contributed by atoms with Crippen LogP contribution in [-0.2, 0) is 6.42 Å². The van der Waals surface area contributed by atoms with E-state index in [9.17, 15) is 4.79 Å². The lowest BCUT2D eigenvalue weighted by molar-refractivity contribution is 0.0690. The first-order valence-corrected chi connectivity index (χ1v) is 7.15. The molecule has 116 valence electrons. The summed E-state index contributed by atoms with van der Waals surface area (Å²) in [5.74, 6) is -0.566. The molecule has 0 saturated heterocycles. The van der Waals surface area contributed by atoms with Crippen LogP contribution in [0.3, 0.4) is 0 Å². The van der Waals surface area contributed by atoms with Crippen molar-refractivity contribution in [2.24, 2.45) is 0 Å². The van der Waals surface area contributed by atoms with Gasteiger partial charge in [-0.3, -0.25) is 0 Å². The van der Waals surface area contributed by atoms with Crippen LogP contribution in [0.4, 0.5) is 5.82 Å². The average molecular weight is 301 g/mol. The van der Waals surface area contributed by atoms with Crippen LogP contribution in [0, 0.1) is 0 Å². The van der Waals surface area contributed by atoms with Crippen LogP contribution in [0.5, 0.6) is 0 Å². The van der Waals surface area contributed by atoms with Crippen molar-refractivity contribution in [1.29, 1.82) is 0 Å². The normalized spacial score (nSPS) is 11.9. The van der Waals surface area contributed by atoms with Crippen LogP contribution in [0.15, 0.2) is 42.7 Å². The molecule has 1 aromatic heterocycles. The Morgan fingerprint density at radius 2 is 1.95 bits per heavy atom. The Morgan fingerprint density at radius 3 is 2.55 bits per heavy atom. The molecule has 3 N–H and O–H groups in total. The zero-order valence-electron chi connectivity index (χ0n) is 12.1. The maximum absolute atomic E-state index is 10.8. The molecule has 1 heterocycles. The van der Waals surface area contributed by atoms with E-state index in [-0.39, 0.29) is 18.3 Å². The van der Waals surface area contributed by atoms with E-state index in [1.165, 1.54) is 18.0 Å². The fourth-order valence-corrected chi connectivity index (χ4v) is 2.18. The Labute approximate surface area is 128 Å². The van der Waals surface area contributed by atoms with Gasteiger partial charge in [-0.25, -0.2) is 14.8 Å². The minimum Gasteiger partial charge on any atom is -0.476 e. The van der Waals surface area contributed by atoms with E-state index in [1.54, 1.807) is 0 Å². The standard InChI is InChI=1S/C16H19N3O3/c20-8-4-7-13(9-12-5-2-1-3-6-12)19-15-11-17-14(10-18-15)16(21)22/h1-3,5-6,10-11,13,20H,4,7-9H2,(H,18,19)(H,21,22). The number of aliphatic hydroxyl groups excluding tert-OH is 1. The monoisotopic (exact) mass is 301 g/mol. The second kappa shape index (κ2) is 8.09. The Kier molecular flexibility index (Phi) is 5.85. The fourth-order valence-electron chi connectivity index (χ4n) is 2.18. The number of rotatable bonds is 8. The van der Waals surface area contributed by atoms with Gasteiger partial charge in [0, 0.05) is 12.6 Å². The molecule has 0 aliphatic carbocycles. The van der Waals surface area contributed by atoms with Crippen molar-refractivity contribution in [3.05, 3.63) is 54.0 Å². The van der Waals surface area contributed by atoms with Gasteiger partial charge in [0.05, 0.1) is 12.4 Å². The van der Waals surface area contributed by atoms with E-state index in [2.05, 4.69) is 15.3 Å². The highest BCUT2D eigenvalue weighted by atomic mass is 16.4. The van der Waals surface area contributed by atoms with E-state index < -0.39 is 5.97 Å². The lowest BCUT2D eigenvalue weighted by Crippen LogP contribution is -2.23. The van der Waals surface area contributed by atoms with Gasteiger partial charge in [0.2, 0.25) is 0 Å². The van der Waals surface area contributed by atoms with Crippen molar-refractivity contribution < 1.29 is 15.0 Å². The van der Waals surface area contributed by atoms with Crippen molar-refractivity contribution >= 4 is 11.8 Å². The zero-order chi connectivity index (χ0) is 15.8. The highest BCUT2D eigenvalue weighted by molar-refractivity contribution is 5.84. The van der Waals surface area contributed by atoms with Crippen molar-refractivity contribution in [3.8, 4) is 0 Å². The number of hydrogen-bond acceptors (Lipinski definition) is 5. The summed E-state index contributed by atoms with van der Waals surface area (Å²) in [6.45, 7) is 0.136. The fraction of sp³-hybridized carbons (Fsp3) is 0.312. The number of aromatic carboxylic acids is 1. The number of nitrogens with zero attached hydrogens (tertiary/aromatic N) is 2. The highest BCUT2D eigenvalue weighted by Gasteiger charge is 2.11. The lowest BCUT2D eigenvalue weighted by Gasteiger charge is -2.19. The van der Waals surface area contributed by atoms with Crippen molar-refractivity contribution in [2.45, 2.75) is 25.3 Å². The largest absolute Gasteiger partial charge is 0.476 e. The third-order valence-electron chi connectivity index (χ3n) is 3.26. The van der Waals surface area contributed by atoms with E-state index in [4.69, 9.17) is 10.2 Å². The van der Waals surface area contributed by atoms with Gasteiger partial charge in [-0.15, -0.1) is 0 Å². The number of carboxylic acids is 1. The zero-order valence-corrected chi connectivity index (χ0v) is 12.1. The second-order valence-corrected chi connectivity index (χ2v) is 4.99. The predicted octanol–water partition coefficient (Wildman–Crippen LogP) is 1.97. The number of carbonyl (C=O) groups is 1. The van der Waals surface area contributed by atoms with Crippen molar-refractivity contribution in [2.75, 3.05) is 11.9 Å². The summed E-state index contributed by atoms with van der Waals surface area (Å²) >= 11 is 0. The maximum atomic E-state index is 10.8. The van der Waals surface area contributed by atoms with Gasteiger partial charge in [-0.05, 0) is 24.8 Å². The Hall–Kier alpha value is -2.47. The van der Waals surface area contributed by atoms with Gasteiger partial charge in [0.1, 0.15) is 5.82 Å². The third kappa shape index (κ3) is 4.82. The quantitative estimate of drug-likeness (QED) is 0.690. The predicted molar refractivity (Wildman–Crippen MR) is 82.9 cm³/mol. The SMILES string of the molecule is O=C(O)c1cnc(NC(CCCO)Cc2ccccc2)cn1.